The molecular formula is C22H25FN2O5S. The molecule has 0 saturated carbocycles. The molecule has 0 aliphatic heterocycles. The van der Waals surface area contributed by atoms with Crippen molar-refractivity contribution in [2.24, 2.45) is 5.92 Å². The largest absolute Gasteiger partial charge is 0.456 e. The maximum Gasteiger partial charge on any atom is 0.329 e. The van der Waals surface area contributed by atoms with Gasteiger partial charge in [0.15, 0.2) is 6.61 Å². The van der Waals surface area contributed by atoms with E-state index in [1.165, 1.54) is 36.5 Å². The van der Waals surface area contributed by atoms with Crippen LogP contribution in [-0.4, -0.2) is 42.8 Å². The Kier molecular flexibility index (Phi) is 8.87. The van der Waals surface area contributed by atoms with Crippen molar-refractivity contribution in [1.82, 2.24) is 10.6 Å². The highest BCUT2D eigenvalue weighted by atomic mass is 32.1. The Morgan fingerprint density at radius 2 is 1.81 bits per heavy atom. The highest BCUT2D eigenvalue weighted by Crippen LogP contribution is 2.18. The average molecular weight is 449 g/mol. The molecule has 2 rings (SSSR count). The molecule has 1 atom stereocenters. The van der Waals surface area contributed by atoms with Crippen molar-refractivity contribution in [3.8, 4) is 0 Å². The number of esters is 1. The van der Waals surface area contributed by atoms with E-state index in [2.05, 4.69) is 10.6 Å². The fourth-order valence-electron chi connectivity index (χ4n) is 2.68. The smallest absolute Gasteiger partial charge is 0.329 e. The molecule has 1 heterocycles. The van der Waals surface area contributed by atoms with Crippen LogP contribution in [0.25, 0.3) is 0 Å². The third kappa shape index (κ3) is 7.29. The van der Waals surface area contributed by atoms with Gasteiger partial charge in [0.05, 0.1) is 10.4 Å². The van der Waals surface area contributed by atoms with E-state index >= 15 is 0 Å². The van der Waals surface area contributed by atoms with Crippen molar-refractivity contribution in [2.45, 2.75) is 33.2 Å². The molecule has 0 spiro atoms. The zero-order valence-corrected chi connectivity index (χ0v) is 18.4. The van der Waals surface area contributed by atoms with E-state index in [-0.39, 0.29) is 23.2 Å². The van der Waals surface area contributed by atoms with E-state index < -0.39 is 30.3 Å². The second-order valence-electron chi connectivity index (χ2n) is 7.20. The van der Waals surface area contributed by atoms with Gasteiger partial charge in [-0.1, -0.05) is 26.0 Å². The van der Waals surface area contributed by atoms with Crippen LogP contribution in [0.3, 0.4) is 0 Å². The molecule has 166 valence electrons. The number of Topliss-reactive ketones (excluding diaryl/α,β-unsaturated/α-hetero) is 1. The quantitative estimate of drug-likeness (QED) is 0.430. The number of ether oxygens (including phenoxy) is 1. The monoisotopic (exact) mass is 448 g/mol. The van der Waals surface area contributed by atoms with E-state index in [4.69, 9.17) is 4.74 Å². The number of ketones is 1. The van der Waals surface area contributed by atoms with Gasteiger partial charge < -0.3 is 15.4 Å². The number of benzene rings is 1. The minimum absolute atomic E-state index is 0.124. The molecule has 0 unspecified atom stereocenters. The Morgan fingerprint density at radius 3 is 2.45 bits per heavy atom. The number of nitrogens with one attached hydrogen (secondary N) is 2. The Hall–Kier alpha value is -3.07. The molecule has 7 nitrogen and oxygen atoms in total. The van der Waals surface area contributed by atoms with Gasteiger partial charge >= 0.3 is 5.97 Å². The minimum atomic E-state index is -1.03. The molecule has 0 aliphatic rings. The summed E-state index contributed by atoms with van der Waals surface area (Å²) in [6.45, 7) is 4.84. The van der Waals surface area contributed by atoms with Gasteiger partial charge in [-0.15, -0.1) is 11.3 Å². The van der Waals surface area contributed by atoms with E-state index in [0.717, 1.165) is 10.9 Å². The number of thiophene rings is 1. The highest BCUT2D eigenvalue weighted by Gasteiger charge is 2.27. The lowest BCUT2D eigenvalue weighted by atomic mass is 10.0. The molecule has 0 radical (unpaired) electrons. The Balaban J connectivity index is 1.92. The highest BCUT2D eigenvalue weighted by molar-refractivity contribution is 7.14. The van der Waals surface area contributed by atoms with Crippen LogP contribution in [0.2, 0.25) is 0 Å². The zero-order valence-electron chi connectivity index (χ0n) is 17.6. The fourth-order valence-corrected chi connectivity index (χ4v) is 3.62. The number of halogens is 1. The van der Waals surface area contributed by atoms with Crippen LogP contribution in [0, 0.1) is 11.7 Å². The summed E-state index contributed by atoms with van der Waals surface area (Å²) < 4.78 is 18.9. The molecule has 2 amide bonds. The summed E-state index contributed by atoms with van der Waals surface area (Å²) in [7, 11) is 0. The molecule has 2 aromatic rings. The predicted octanol–water partition coefficient (Wildman–Crippen LogP) is 2.75. The van der Waals surface area contributed by atoms with Gasteiger partial charge in [0.1, 0.15) is 11.9 Å². The summed E-state index contributed by atoms with van der Waals surface area (Å²) in [5.74, 6) is -3.02. The summed E-state index contributed by atoms with van der Waals surface area (Å²) in [5, 5.41) is 5.16. The van der Waals surface area contributed by atoms with Gasteiger partial charge in [-0.25, -0.2) is 9.18 Å². The molecule has 2 N–H and O–H groups in total. The van der Waals surface area contributed by atoms with Crippen molar-refractivity contribution < 1.29 is 28.3 Å². The Morgan fingerprint density at radius 1 is 1.10 bits per heavy atom. The van der Waals surface area contributed by atoms with Crippen molar-refractivity contribution >= 4 is 34.9 Å². The van der Waals surface area contributed by atoms with E-state index in [0.29, 0.717) is 17.8 Å². The van der Waals surface area contributed by atoms with Gasteiger partial charge in [-0.05, 0) is 36.6 Å². The van der Waals surface area contributed by atoms with E-state index in [9.17, 15) is 23.6 Å². The Bertz CT molecular complexity index is 957. The predicted molar refractivity (Wildman–Crippen MR) is 114 cm³/mol. The van der Waals surface area contributed by atoms with Gasteiger partial charge in [0.25, 0.3) is 5.91 Å². The fraction of sp³-hybridized carbons (Fsp3) is 0.364. The van der Waals surface area contributed by atoms with Crippen molar-refractivity contribution in [1.29, 1.82) is 0 Å². The van der Waals surface area contributed by atoms with Crippen molar-refractivity contribution in [2.75, 3.05) is 13.2 Å². The molecule has 9 heteroatoms. The summed E-state index contributed by atoms with van der Waals surface area (Å²) in [4.78, 5) is 49.4. The maximum atomic E-state index is 13.8. The van der Waals surface area contributed by atoms with Crippen molar-refractivity contribution in [3.63, 3.8) is 0 Å². The molecule has 1 aromatic heterocycles. The first-order chi connectivity index (χ1) is 14.7. The average Bonchev–Trinajstić information content (AvgIpc) is 3.18. The lowest BCUT2D eigenvalue weighted by Crippen LogP contribution is -2.45. The standard InChI is InChI=1S/C22H25FN2O5S/c1-13(2)20(25-21(28)16-6-4-5-7-17(16)23)22(29)30-12-18(27)19-9-8-15(31-19)10-11-24-14(3)26/h4-9,13,20H,10-12H2,1-3H3,(H,24,26)(H,25,28)/t20-/m1/s1. The molecule has 0 bridgehead atoms. The normalized spacial score (nSPS) is 11.6. The van der Waals surface area contributed by atoms with Gasteiger partial charge in [-0.2, -0.15) is 0 Å². The van der Waals surface area contributed by atoms with Gasteiger partial charge in [-0.3, -0.25) is 14.4 Å². The number of carbonyl (C=O) groups is 4. The first-order valence-corrected chi connectivity index (χ1v) is 10.6. The first kappa shape index (κ1) is 24.2. The number of amides is 2. The number of hydrogen-bond donors (Lipinski definition) is 2. The van der Waals surface area contributed by atoms with Crippen LogP contribution in [0.4, 0.5) is 4.39 Å². The topological polar surface area (TPSA) is 102 Å². The molecule has 0 saturated heterocycles. The molecule has 31 heavy (non-hydrogen) atoms. The number of rotatable bonds is 10. The van der Waals surface area contributed by atoms with Crippen LogP contribution < -0.4 is 10.6 Å². The minimum Gasteiger partial charge on any atom is -0.456 e. The van der Waals surface area contributed by atoms with Crippen molar-refractivity contribution in [3.05, 3.63) is 57.5 Å². The molecular weight excluding hydrogens is 423 g/mol. The summed E-state index contributed by atoms with van der Waals surface area (Å²) >= 11 is 1.26. The van der Waals surface area contributed by atoms with E-state index in [1.54, 1.807) is 26.0 Å². The lowest BCUT2D eigenvalue weighted by molar-refractivity contribution is -0.146. The van der Waals surface area contributed by atoms with Crippen LogP contribution in [-0.2, 0) is 20.7 Å². The zero-order chi connectivity index (χ0) is 23.0. The number of hydrogen-bond acceptors (Lipinski definition) is 6. The third-order valence-corrected chi connectivity index (χ3v) is 5.54. The SMILES string of the molecule is CC(=O)NCCc1ccc(C(=O)COC(=O)[C@H](NC(=O)c2ccccc2F)C(C)C)s1. The molecule has 0 aliphatic carbocycles. The summed E-state index contributed by atoms with van der Waals surface area (Å²) in [6.07, 6.45) is 0.592. The summed E-state index contributed by atoms with van der Waals surface area (Å²) in [5.41, 5.74) is -0.178. The summed E-state index contributed by atoms with van der Waals surface area (Å²) in [6, 6.07) is 7.85. The van der Waals surface area contributed by atoms with Gasteiger partial charge in [0, 0.05) is 18.3 Å². The van der Waals surface area contributed by atoms with Crippen LogP contribution in [0.15, 0.2) is 36.4 Å². The number of carbonyl (C=O) groups excluding carboxylic acids is 4. The van der Waals surface area contributed by atoms with Crippen LogP contribution in [0.1, 0.15) is 45.7 Å². The third-order valence-electron chi connectivity index (χ3n) is 4.35. The maximum absolute atomic E-state index is 13.8. The second kappa shape index (κ2) is 11.4. The first-order valence-electron chi connectivity index (χ1n) is 9.77. The van der Waals surface area contributed by atoms with Crippen LogP contribution in [0.5, 0.6) is 0 Å². The second-order valence-corrected chi connectivity index (χ2v) is 8.37. The van der Waals surface area contributed by atoms with Gasteiger partial charge in [0.2, 0.25) is 11.7 Å². The lowest BCUT2D eigenvalue weighted by Gasteiger charge is -2.20. The Labute approximate surface area is 184 Å². The molecule has 0 fully saturated rings. The molecule has 1 aromatic carbocycles. The van der Waals surface area contributed by atoms with E-state index in [1.807, 2.05) is 0 Å². The van der Waals surface area contributed by atoms with Crippen LogP contribution >= 0.6 is 11.3 Å².